The van der Waals surface area contributed by atoms with Crippen LogP contribution < -0.4 is 0 Å². The highest BCUT2D eigenvalue weighted by atomic mass is 79.9. The average molecular weight is 287 g/mol. The summed E-state index contributed by atoms with van der Waals surface area (Å²) in [7, 11) is 3.72. The average Bonchev–Trinajstić information content (AvgIpc) is 2.19. The van der Waals surface area contributed by atoms with Crippen LogP contribution in [0.4, 0.5) is 5.69 Å². The van der Waals surface area contributed by atoms with Gasteiger partial charge in [-0.1, -0.05) is 11.6 Å². The van der Waals surface area contributed by atoms with Gasteiger partial charge in [-0.25, -0.2) is 4.99 Å². The van der Waals surface area contributed by atoms with Gasteiger partial charge >= 0.3 is 0 Å². The molecule has 0 radical (unpaired) electrons. The summed E-state index contributed by atoms with van der Waals surface area (Å²) in [5.74, 6) is 0. The Labute approximate surface area is 102 Å². The molecule has 0 aliphatic heterocycles. The summed E-state index contributed by atoms with van der Waals surface area (Å²) in [5.41, 5.74) is 1.06. The highest BCUT2D eigenvalue weighted by Gasteiger charge is 2.05. The van der Waals surface area contributed by atoms with Crippen molar-refractivity contribution in [2.75, 3.05) is 14.1 Å². The Hall–Kier alpha value is -1.05. The Morgan fingerprint density at radius 1 is 1.53 bits per heavy atom. The smallest absolute Gasteiger partial charge is 0.101 e. The second-order valence-electron chi connectivity index (χ2n) is 3.10. The van der Waals surface area contributed by atoms with E-state index >= 15 is 0 Å². The van der Waals surface area contributed by atoms with Gasteiger partial charge in [0.05, 0.1) is 22.6 Å². The number of benzene rings is 1. The van der Waals surface area contributed by atoms with Crippen LogP contribution in [-0.4, -0.2) is 25.3 Å². The summed E-state index contributed by atoms with van der Waals surface area (Å²) in [6.45, 7) is 0. The number of hydrogen-bond donors (Lipinski definition) is 0. The fourth-order valence-electron chi connectivity index (χ4n) is 0.910. The molecule has 78 valence electrons. The molecule has 0 bridgehead atoms. The van der Waals surface area contributed by atoms with Crippen LogP contribution in [0.15, 0.2) is 21.6 Å². The van der Waals surface area contributed by atoms with Crippen molar-refractivity contribution in [2.45, 2.75) is 0 Å². The molecule has 3 nitrogen and oxygen atoms in total. The van der Waals surface area contributed by atoms with Crippen LogP contribution in [0.2, 0.25) is 5.02 Å². The summed E-state index contributed by atoms with van der Waals surface area (Å²) in [4.78, 5) is 5.96. The topological polar surface area (TPSA) is 39.4 Å². The van der Waals surface area contributed by atoms with E-state index in [2.05, 4.69) is 20.9 Å². The van der Waals surface area contributed by atoms with Crippen molar-refractivity contribution in [1.29, 1.82) is 5.26 Å². The fraction of sp³-hybridized carbons (Fsp3) is 0.200. The van der Waals surface area contributed by atoms with E-state index in [-0.39, 0.29) is 0 Å². The fourth-order valence-corrected chi connectivity index (χ4v) is 1.41. The van der Waals surface area contributed by atoms with Gasteiger partial charge in [-0.15, -0.1) is 0 Å². The second kappa shape index (κ2) is 5.15. The van der Waals surface area contributed by atoms with Crippen molar-refractivity contribution in [1.82, 2.24) is 4.90 Å². The number of nitriles is 1. The van der Waals surface area contributed by atoms with Crippen LogP contribution in [0, 0.1) is 11.3 Å². The molecule has 0 atom stereocenters. The number of hydrogen-bond acceptors (Lipinski definition) is 2. The number of halogens is 2. The first-order valence-corrected chi connectivity index (χ1v) is 5.31. The van der Waals surface area contributed by atoms with Gasteiger partial charge in [0.25, 0.3) is 0 Å². The van der Waals surface area contributed by atoms with E-state index in [0.29, 0.717) is 16.3 Å². The van der Waals surface area contributed by atoms with Gasteiger partial charge in [-0.2, -0.15) is 5.26 Å². The molecule has 0 saturated heterocycles. The first kappa shape index (κ1) is 12.0. The quantitative estimate of drug-likeness (QED) is 0.619. The molecular formula is C10H9BrClN3. The molecule has 0 N–H and O–H groups in total. The van der Waals surface area contributed by atoms with Crippen LogP contribution in [0.25, 0.3) is 0 Å². The Morgan fingerprint density at radius 3 is 2.73 bits per heavy atom. The third-order valence-corrected chi connectivity index (χ3v) is 2.78. The van der Waals surface area contributed by atoms with E-state index in [1.54, 1.807) is 23.4 Å². The van der Waals surface area contributed by atoms with Crippen molar-refractivity contribution < 1.29 is 0 Å². The zero-order chi connectivity index (χ0) is 11.4. The molecule has 0 aliphatic carbocycles. The third-order valence-electron chi connectivity index (χ3n) is 1.59. The first-order valence-electron chi connectivity index (χ1n) is 4.14. The molecule has 5 heteroatoms. The largest absolute Gasteiger partial charge is 0.369 e. The summed E-state index contributed by atoms with van der Waals surface area (Å²) in [6, 6.07) is 5.36. The van der Waals surface area contributed by atoms with Crippen LogP contribution in [0.5, 0.6) is 0 Å². The molecule has 0 unspecified atom stereocenters. The van der Waals surface area contributed by atoms with E-state index in [1.807, 2.05) is 20.2 Å². The van der Waals surface area contributed by atoms with Gasteiger partial charge in [-0.05, 0) is 28.1 Å². The minimum absolute atomic E-state index is 0.460. The lowest BCUT2D eigenvalue weighted by molar-refractivity contribution is 0.643. The van der Waals surface area contributed by atoms with Crippen molar-refractivity contribution in [3.63, 3.8) is 0 Å². The van der Waals surface area contributed by atoms with E-state index in [1.165, 1.54) is 0 Å². The van der Waals surface area contributed by atoms with E-state index in [9.17, 15) is 0 Å². The molecule has 0 aromatic heterocycles. The van der Waals surface area contributed by atoms with Gasteiger partial charge in [0.2, 0.25) is 0 Å². The molecule has 0 spiro atoms. The van der Waals surface area contributed by atoms with Crippen LogP contribution in [-0.2, 0) is 0 Å². The molecular weight excluding hydrogens is 277 g/mol. The van der Waals surface area contributed by atoms with E-state index < -0.39 is 0 Å². The van der Waals surface area contributed by atoms with Gasteiger partial charge in [0.1, 0.15) is 6.07 Å². The predicted molar refractivity (Wildman–Crippen MR) is 65.7 cm³/mol. The second-order valence-corrected chi connectivity index (χ2v) is 4.36. The van der Waals surface area contributed by atoms with Crippen molar-refractivity contribution in [3.05, 3.63) is 27.2 Å². The molecule has 15 heavy (non-hydrogen) atoms. The van der Waals surface area contributed by atoms with Crippen LogP contribution in [0.1, 0.15) is 5.56 Å². The first-order chi connectivity index (χ1) is 7.04. The summed E-state index contributed by atoms with van der Waals surface area (Å²) in [6.07, 6.45) is 1.64. The number of nitrogens with zero attached hydrogens (tertiary/aromatic N) is 3. The summed E-state index contributed by atoms with van der Waals surface area (Å²) in [5, 5.41) is 9.40. The SMILES string of the molecule is CN(C)/C=N\c1cc(Br)c(Cl)cc1C#N. The minimum Gasteiger partial charge on any atom is -0.369 e. The lowest BCUT2D eigenvalue weighted by Gasteiger charge is -2.04. The van der Waals surface area contributed by atoms with E-state index in [4.69, 9.17) is 16.9 Å². The number of rotatable bonds is 2. The molecule has 1 aromatic carbocycles. The molecule has 0 aliphatic rings. The molecule has 0 fully saturated rings. The molecule has 1 rings (SSSR count). The van der Waals surface area contributed by atoms with Crippen LogP contribution >= 0.6 is 27.5 Å². The predicted octanol–water partition coefficient (Wildman–Crippen LogP) is 3.20. The zero-order valence-electron chi connectivity index (χ0n) is 8.33. The van der Waals surface area contributed by atoms with Crippen molar-refractivity contribution >= 4 is 39.6 Å². The summed E-state index contributed by atoms with van der Waals surface area (Å²) >= 11 is 9.15. The Kier molecular flexibility index (Phi) is 4.13. The molecule has 1 aromatic rings. The Bertz CT molecular complexity index is 435. The van der Waals surface area contributed by atoms with Gasteiger partial charge in [0.15, 0.2) is 0 Å². The van der Waals surface area contributed by atoms with Gasteiger partial charge in [-0.3, -0.25) is 0 Å². The number of aliphatic imine (C=N–C) groups is 1. The maximum Gasteiger partial charge on any atom is 0.101 e. The zero-order valence-corrected chi connectivity index (χ0v) is 10.7. The Balaban J connectivity index is 3.18. The minimum atomic E-state index is 0.460. The molecule has 0 heterocycles. The summed E-state index contributed by atoms with van der Waals surface area (Å²) < 4.78 is 0.731. The molecule has 0 amide bonds. The Morgan fingerprint density at radius 2 is 2.20 bits per heavy atom. The third kappa shape index (κ3) is 3.22. The maximum atomic E-state index is 8.89. The monoisotopic (exact) mass is 285 g/mol. The highest BCUT2D eigenvalue weighted by molar-refractivity contribution is 9.10. The highest BCUT2D eigenvalue weighted by Crippen LogP contribution is 2.30. The van der Waals surface area contributed by atoms with E-state index in [0.717, 1.165) is 4.47 Å². The molecule has 0 saturated carbocycles. The van der Waals surface area contributed by atoms with Crippen molar-refractivity contribution in [2.24, 2.45) is 4.99 Å². The van der Waals surface area contributed by atoms with Gasteiger partial charge < -0.3 is 4.90 Å². The van der Waals surface area contributed by atoms with Gasteiger partial charge in [0, 0.05) is 18.6 Å². The van der Waals surface area contributed by atoms with Crippen molar-refractivity contribution in [3.8, 4) is 6.07 Å². The maximum absolute atomic E-state index is 8.89. The normalized spacial score (nSPS) is 10.3. The lowest BCUT2D eigenvalue weighted by atomic mass is 10.2. The lowest BCUT2D eigenvalue weighted by Crippen LogP contribution is -2.07. The van der Waals surface area contributed by atoms with Crippen LogP contribution in [0.3, 0.4) is 0 Å². The standard InChI is InChI=1S/C10H9BrClN3/c1-15(2)6-14-10-4-8(11)9(12)3-7(10)5-13/h3-4,6H,1-2H3/b14-6-.